The van der Waals surface area contributed by atoms with E-state index in [0.29, 0.717) is 5.46 Å². The van der Waals surface area contributed by atoms with E-state index < -0.39 is 12.8 Å². The van der Waals surface area contributed by atoms with Crippen molar-refractivity contribution in [1.82, 2.24) is 0 Å². The number of benzene rings is 1. The topological polar surface area (TPSA) is 29.5 Å². The van der Waals surface area contributed by atoms with Gasteiger partial charge >= 0.3 is 13.7 Å². The second-order valence-electron chi connectivity index (χ2n) is 2.71. The second-order valence-corrected chi connectivity index (χ2v) is 2.71. The summed E-state index contributed by atoms with van der Waals surface area (Å²) < 4.78 is 39.6. The quantitative estimate of drug-likeness (QED) is 0.730. The molecule has 0 spiro atoms. The molecule has 0 unspecified atom stereocenters. The number of ether oxygens (including phenoxy) is 1. The average molecular weight is 204 g/mol. The van der Waals surface area contributed by atoms with Crippen LogP contribution in [-0.2, 0) is 0 Å². The molecule has 14 heavy (non-hydrogen) atoms. The van der Waals surface area contributed by atoms with E-state index in [0.717, 1.165) is 0 Å². The van der Waals surface area contributed by atoms with Gasteiger partial charge in [-0.05, 0) is 12.1 Å². The smallest absolute Gasteiger partial charge is 0.422 e. The van der Waals surface area contributed by atoms with Crippen LogP contribution >= 0.6 is 0 Å². The van der Waals surface area contributed by atoms with Crippen molar-refractivity contribution >= 4 is 12.9 Å². The third-order valence-electron chi connectivity index (χ3n) is 1.51. The molecule has 1 N–H and O–H groups in total. The molecule has 0 aliphatic heterocycles. The standard InChI is InChI=1S/C8H8BF3O2/c10-8(11,12)5-14-7-3-1-6(9-13)2-4-7/h1-4,9,13H,5H2. The monoisotopic (exact) mass is 204 g/mol. The van der Waals surface area contributed by atoms with E-state index >= 15 is 0 Å². The van der Waals surface area contributed by atoms with Gasteiger partial charge in [-0.25, -0.2) is 0 Å². The molecule has 0 amide bonds. The molecule has 0 aliphatic rings. The molecule has 0 bridgehead atoms. The van der Waals surface area contributed by atoms with Crippen LogP contribution < -0.4 is 10.2 Å². The van der Waals surface area contributed by atoms with E-state index in [-0.39, 0.29) is 13.2 Å². The van der Waals surface area contributed by atoms with Crippen molar-refractivity contribution in [3.8, 4) is 5.75 Å². The van der Waals surface area contributed by atoms with Crippen LogP contribution in [0.3, 0.4) is 0 Å². The molecule has 6 heteroatoms. The highest BCUT2D eigenvalue weighted by atomic mass is 19.4. The average Bonchev–Trinajstić information content (AvgIpc) is 2.14. The van der Waals surface area contributed by atoms with Gasteiger partial charge in [0, 0.05) is 0 Å². The number of rotatable bonds is 3. The predicted octanol–water partition coefficient (Wildman–Crippen LogP) is 0.597. The Hall–Kier alpha value is -1.17. The van der Waals surface area contributed by atoms with Gasteiger partial charge in [0.1, 0.15) is 5.75 Å². The summed E-state index contributed by atoms with van der Waals surface area (Å²) in [6.45, 7) is -1.30. The van der Waals surface area contributed by atoms with Gasteiger partial charge in [-0.3, -0.25) is 0 Å². The SMILES string of the molecule is OBc1ccc(OCC(F)(F)F)cc1. The fourth-order valence-electron chi connectivity index (χ4n) is 0.856. The Kier molecular flexibility index (Phi) is 3.40. The highest BCUT2D eigenvalue weighted by molar-refractivity contribution is 6.45. The van der Waals surface area contributed by atoms with Crippen LogP contribution in [0.2, 0.25) is 0 Å². The molecule has 0 heterocycles. The molecule has 0 aromatic heterocycles. The molecule has 76 valence electrons. The molecule has 0 aliphatic carbocycles. The second kappa shape index (κ2) is 4.37. The zero-order valence-electron chi connectivity index (χ0n) is 7.21. The van der Waals surface area contributed by atoms with Crippen LogP contribution in [-0.4, -0.2) is 25.3 Å². The summed E-state index contributed by atoms with van der Waals surface area (Å²) >= 11 is 0. The Morgan fingerprint density at radius 1 is 1.21 bits per heavy atom. The molecule has 1 aromatic rings. The van der Waals surface area contributed by atoms with E-state index in [9.17, 15) is 13.2 Å². The minimum absolute atomic E-state index is 0.138. The van der Waals surface area contributed by atoms with Gasteiger partial charge in [0.05, 0.1) is 0 Å². The van der Waals surface area contributed by atoms with Gasteiger partial charge in [0.25, 0.3) is 0 Å². The molecule has 0 atom stereocenters. The molecule has 0 saturated carbocycles. The first kappa shape index (κ1) is 10.9. The van der Waals surface area contributed by atoms with Gasteiger partial charge in [-0.1, -0.05) is 17.6 Å². The van der Waals surface area contributed by atoms with Crippen LogP contribution in [0.5, 0.6) is 5.75 Å². The van der Waals surface area contributed by atoms with Crippen molar-refractivity contribution in [3.05, 3.63) is 24.3 Å². The maximum atomic E-state index is 11.7. The first-order valence-electron chi connectivity index (χ1n) is 3.90. The van der Waals surface area contributed by atoms with Crippen molar-refractivity contribution in [2.75, 3.05) is 6.61 Å². The lowest BCUT2D eigenvalue weighted by Gasteiger charge is -2.08. The molecular formula is C8H8BF3O2. The van der Waals surface area contributed by atoms with Gasteiger partial charge in [0.15, 0.2) is 6.61 Å². The van der Waals surface area contributed by atoms with Gasteiger partial charge in [0.2, 0.25) is 0 Å². The summed E-state index contributed by atoms with van der Waals surface area (Å²) in [7, 11) is -0.139. The predicted molar refractivity (Wildman–Crippen MR) is 47.0 cm³/mol. The van der Waals surface area contributed by atoms with Crippen LogP contribution in [0.1, 0.15) is 0 Å². The largest absolute Gasteiger partial charge is 0.484 e. The molecule has 2 nitrogen and oxygen atoms in total. The summed E-state index contributed by atoms with van der Waals surface area (Å²) in [6, 6.07) is 5.78. The number of hydrogen-bond donors (Lipinski definition) is 1. The van der Waals surface area contributed by atoms with Gasteiger partial charge in [-0.15, -0.1) is 0 Å². The summed E-state index contributed by atoms with van der Waals surface area (Å²) in [5.74, 6) is 0.138. The minimum atomic E-state index is -4.32. The summed E-state index contributed by atoms with van der Waals surface area (Å²) in [6.07, 6.45) is -4.32. The maximum absolute atomic E-state index is 11.7. The van der Waals surface area contributed by atoms with Crippen molar-refractivity contribution in [3.63, 3.8) is 0 Å². The fourth-order valence-corrected chi connectivity index (χ4v) is 0.856. The molecular weight excluding hydrogens is 196 g/mol. The van der Waals surface area contributed by atoms with Crippen LogP contribution in [0.15, 0.2) is 24.3 Å². The van der Waals surface area contributed by atoms with E-state index in [4.69, 9.17) is 5.02 Å². The zero-order valence-corrected chi connectivity index (χ0v) is 7.21. The summed E-state index contributed by atoms with van der Waals surface area (Å²) in [5, 5.41) is 8.67. The van der Waals surface area contributed by atoms with Crippen molar-refractivity contribution < 1.29 is 22.9 Å². The fraction of sp³-hybridized carbons (Fsp3) is 0.250. The molecule has 1 rings (SSSR count). The van der Waals surface area contributed by atoms with Crippen LogP contribution in [0, 0.1) is 0 Å². The lowest BCUT2D eigenvalue weighted by molar-refractivity contribution is -0.153. The lowest BCUT2D eigenvalue weighted by Crippen LogP contribution is -2.19. The normalized spacial score (nSPS) is 11.1. The third kappa shape index (κ3) is 3.70. The minimum Gasteiger partial charge on any atom is -0.484 e. The van der Waals surface area contributed by atoms with E-state index in [1.54, 1.807) is 0 Å². The summed E-state index contributed by atoms with van der Waals surface area (Å²) in [4.78, 5) is 0. The third-order valence-corrected chi connectivity index (χ3v) is 1.51. The van der Waals surface area contributed by atoms with Gasteiger partial charge < -0.3 is 9.76 Å². The first-order chi connectivity index (χ1) is 6.51. The van der Waals surface area contributed by atoms with Crippen LogP contribution in [0.25, 0.3) is 0 Å². The highest BCUT2D eigenvalue weighted by Gasteiger charge is 2.28. The Labute approximate surface area is 79.6 Å². The highest BCUT2D eigenvalue weighted by Crippen LogP contribution is 2.17. The lowest BCUT2D eigenvalue weighted by atomic mass is 9.89. The van der Waals surface area contributed by atoms with E-state index in [2.05, 4.69) is 4.74 Å². The molecule has 1 aromatic carbocycles. The number of halogens is 3. The van der Waals surface area contributed by atoms with Crippen molar-refractivity contribution in [1.29, 1.82) is 0 Å². The summed E-state index contributed by atoms with van der Waals surface area (Å²) in [5.41, 5.74) is 0.629. The van der Waals surface area contributed by atoms with Crippen LogP contribution in [0.4, 0.5) is 13.2 Å². The number of hydrogen-bond acceptors (Lipinski definition) is 2. The first-order valence-corrected chi connectivity index (χ1v) is 3.90. The maximum Gasteiger partial charge on any atom is 0.422 e. The Bertz CT molecular complexity index is 284. The van der Waals surface area contributed by atoms with Gasteiger partial charge in [-0.2, -0.15) is 13.2 Å². The number of alkyl halides is 3. The van der Waals surface area contributed by atoms with Crippen molar-refractivity contribution in [2.45, 2.75) is 6.18 Å². The Balaban J connectivity index is 2.52. The Morgan fingerprint density at radius 3 is 2.21 bits per heavy atom. The van der Waals surface area contributed by atoms with E-state index in [1.165, 1.54) is 24.3 Å². The van der Waals surface area contributed by atoms with E-state index in [1.807, 2.05) is 0 Å². The molecule has 0 radical (unpaired) electrons. The Morgan fingerprint density at radius 2 is 1.79 bits per heavy atom. The molecule has 0 saturated heterocycles. The zero-order chi connectivity index (χ0) is 10.6. The molecule has 0 fully saturated rings. The van der Waals surface area contributed by atoms with Crippen molar-refractivity contribution in [2.24, 2.45) is 0 Å².